The van der Waals surface area contributed by atoms with Crippen LogP contribution in [0.4, 0.5) is 5.69 Å². The van der Waals surface area contributed by atoms with Crippen LogP contribution in [-0.4, -0.2) is 58.1 Å². The molecule has 0 aliphatic rings. The summed E-state index contributed by atoms with van der Waals surface area (Å²) >= 11 is 12.2. The molecule has 8 nitrogen and oxygen atoms in total. The van der Waals surface area contributed by atoms with Crippen LogP contribution in [0.1, 0.15) is 11.1 Å². The van der Waals surface area contributed by atoms with Crippen LogP contribution in [0.3, 0.4) is 0 Å². The van der Waals surface area contributed by atoms with Crippen LogP contribution in [-0.2, 0) is 32.6 Å². The highest BCUT2D eigenvalue weighted by atomic mass is 35.5. The largest absolute Gasteiger partial charge is 0.495 e. The molecule has 11 heteroatoms. The van der Waals surface area contributed by atoms with Gasteiger partial charge in [-0.1, -0.05) is 65.7 Å². The Labute approximate surface area is 233 Å². The highest BCUT2D eigenvalue weighted by Gasteiger charge is 2.33. The molecule has 0 aliphatic heterocycles. The summed E-state index contributed by atoms with van der Waals surface area (Å²) in [6.45, 7) is -0.531. The van der Waals surface area contributed by atoms with Gasteiger partial charge in [-0.3, -0.25) is 13.9 Å². The fraction of sp³-hybridized carbons (Fsp3) is 0.259. The second-order valence-corrected chi connectivity index (χ2v) is 11.3. The number of halogens is 2. The molecule has 0 radical (unpaired) electrons. The van der Waals surface area contributed by atoms with Gasteiger partial charge in [0.15, 0.2) is 0 Å². The molecule has 0 saturated carbocycles. The van der Waals surface area contributed by atoms with E-state index in [1.54, 1.807) is 30.3 Å². The molecule has 202 valence electrons. The minimum absolute atomic E-state index is 0.0468. The molecular weight excluding hydrogens is 549 g/mol. The fourth-order valence-electron chi connectivity index (χ4n) is 3.96. The Balaban J connectivity index is 2.06. The lowest BCUT2D eigenvalue weighted by molar-refractivity contribution is -0.139. The number of methoxy groups -OCH3 is 1. The van der Waals surface area contributed by atoms with Crippen molar-refractivity contribution in [3.8, 4) is 5.75 Å². The van der Waals surface area contributed by atoms with E-state index in [4.69, 9.17) is 27.9 Å². The first kappa shape index (κ1) is 29.3. The van der Waals surface area contributed by atoms with Gasteiger partial charge >= 0.3 is 0 Å². The Morgan fingerprint density at radius 2 is 1.58 bits per heavy atom. The van der Waals surface area contributed by atoms with Gasteiger partial charge in [0.25, 0.3) is 0 Å². The fourth-order valence-corrected chi connectivity index (χ4v) is 5.10. The van der Waals surface area contributed by atoms with Crippen LogP contribution < -0.4 is 14.4 Å². The minimum Gasteiger partial charge on any atom is -0.495 e. The summed E-state index contributed by atoms with van der Waals surface area (Å²) in [4.78, 5) is 28.4. The van der Waals surface area contributed by atoms with Gasteiger partial charge in [-0.15, -0.1) is 0 Å². The SMILES string of the molecule is CNC(=O)C(Cc1ccccc1)N(Cc1ccc(Cl)cc1)C(=O)CN(c1cc(Cl)ccc1OC)S(C)(=O)=O. The summed E-state index contributed by atoms with van der Waals surface area (Å²) in [7, 11) is -1.07. The summed E-state index contributed by atoms with van der Waals surface area (Å²) in [6, 6.07) is 19.7. The summed E-state index contributed by atoms with van der Waals surface area (Å²) in [5.41, 5.74) is 1.67. The average molecular weight is 579 g/mol. The number of hydrogen-bond acceptors (Lipinski definition) is 5. The van der Waals surface area contributed by atoms with E-state index in [1.165, 1.54) is 31.2 Å². The van der Waals surface area contributed by atoms with Crippen molar-refractivity contribution in [2.75, 3.05) is 31.3 Å². The van der Waals surface area contributed by atoms with Crippen molar-refractivity contribution in [3.63, 3.8) is 0 Å². The number of carbonyl (C=O) groups excluding carboxylic acids is 2. The number of amides is 2. The van der Waals surface area contributed by atoms with Gasteiger partial charge in [-0.2, -0.15) is 0 Å². The van der Waals surface area contributed by atoms with E-state index in [2.05, 4.69) is 5.32 Å². The lowest BCUT2D eigenvalue weighted by Crippen LogP contribution is -2.52. The van der Waals surface area contributed by atoms with Crippen molar-refractivity contribution in [1.29, 1.82) is 0 Å². The average Bonchev–Trinajstić information content (AvgIpc) is 2.89. The first-order valence-corrected chi connectivity index (χ1v) is 14.2. The van der Waals surface area contributed by atoms with Crippen LogP contribution in [0.5, 0.6) is 5.75 Å². The van der Waals surface area contributed by atoms with Gasteiger partial charge in [0, 0.05) is 30.1 Å². The second kappa shape index (κ2) is 13.0. The number of hydrogen-bond donors (Lipinski definition) is 1. The van der Waals surface area contributed by atoms with Gasteiger partial charge in [0.05, 0.1) is 19.1 Å². The van der Waals surface area contributed by atoms with Gasteiger partial charge < -0.3 is 15.0 Å². The normalized spacial score (nSPS) is 11.9. The maximum atomic E-state index is 13.9. The Kier molecular flexibility index (Phi) is 10.0. The Hall–Kier alpha value is -3.27. The maximum Gasteiger partial charge on any atom is 0.244 e. The number of anilines is 1. The standard InChI is InChI=1S/C27H29Cl2N3O5S/c1-30-27(34)24(15-19-7-5-4-6-8-19)31(17-20-9-11-21(28)12-10-20)26(33)18-32(38(3,35)36)23-16-22(29)13-14-25(23)37-2/h4-14,16,24H,15,17-18H2,1-3H3,(H,30,34). The Morgan fingerprint density at radius 1 is 0.947 bits per heavy atom. The van der Waals surface area contributed by atoms with Crippen molar-refractivity contribution in [1.82, 2.24) is 10.2 Å². The Bertz CT molecular complexity index is 1370. The van der Waals surface area contributed by atoms with Gasteiger partial charge in [-0.05, 0) is 41.5 Å². The van der Waals surface area contributed by atoms with E-state index < -0.39 is 28.5 Å². The van der Waals surface area contributed by atoms with Gasteiger partial charge in [0.1, 0.15) is 18.3 Å². The number of nitrogens with one attached hydrogen (secondary N) is 1. The van der Waals surface area contributed by atoms with E-state index in [9.17, 15) is 18.0 Å². The van der Waals surface area contributed by atoms with E-state index in [0.29, 0.717) is 5.02 Å². The van der Waals surface area contributed by atoms with E-state index >= 15 is 0 Å². The summed E-state index contributed by atoms with van der Waals surface area (Å²) in [5.74, 6) is -0.747. The zero-order valence-corrected chi connectivity index (χ0v) is 23.6. The molecular formula is C27H29Cl2N3O5S. The zero-order chi connectivity index (χ0) is 27.9. The molecule has 2 amide bonds. The molecule has 1 atom stereocenters. The predicted octanol–water partition coefficient (Wildman–Crippen LogP) is 4.15. The van der Waals surface area contributed by atoms with Crippen molar-refractivity contribution in [2.24, 2.45) is 0 Å². The van der Waals surface area contributed by atoms with Gasteiger partial charge in [0.2, 0.25) is 21.8 Å². The number of benzene rings is 3. The number of sulfonamides is 1. The summed E-state index contributed by atoms with van der Waals surface area (Å²) < 4.78 is 32.0. The molecule has 3 aromatic rings. The quantitative estimate of drug-likeness (QED) is 0.369. The third kappa shape index (κ3) is 7.63. The molecule has 1 unspecified atom stereocenters. The molecule has 38 heavy (non-hydrogen) atoms. The minimum atomic E-state index is -3.96. The van der Waals surface area contributed by atoms with Gasteiger partial charge in [-0.25, -0.2) is 8.42 Å². The van der Waals surface area contributed by atoms with Crippen LogP contribution in [0.15, 0.2) is 72.8 Å². The van der Waals surface area contributed by atoms with Crippen LogP contribution >= 0.6 is 23.2 Å². The molecule has 0 aliphatic carbocycles. The summed E-state index contributed by atoms with van der Waals surface area (Å²) in [6.07, 6.45) is 1.21. The molecule has 1 N–H and O–H groups in total. The molecule has 0 bridgehead atoms. The first-order chi connectivity index (χ1) is 18.0. The third-order valence-electron chi connectivity index (χ3n) is 5.87. The number of rotatable bonds is 11. The monoisotopic (exact) mass is 577 g/mol. The lowest BCUT2D eigenvalue weighted by atomic mass is 10.0. The topological polar surface area (TPSA) is 96.0 Å². The number of likely N-dealkylation sites (N-methyl/N-ethyl adjacent to an activating group) is 1. The molecule has 0 spiro atoms. The van der Waals surface area contributed by atoms with Crippen molar-refractivity contribution >= 4 is 50.7 Å². The van der Waals surface area contributed by atoms with Crippen LogP contribution in [0.25, 0.3) is 0 Å². The van der Waals surface area contributed by atoms with E-state index in [-0.39, 0.29) is 35.3 Å². The van der Waals surface area contributed by atoms with Crippen molar-refractivity contribution < 1.29 is 22.7 Å². The van der Waals surface area contributed by atoms with Crippen molar-refractivity contribution in [2.45, 2.75) is 19.0 Å². The maximum absolute atomic E-state index is 13.9. The highest BCUT2D eigenvalue weighted by molar-refractivity contribution is 7.92. The molecule has 3 aromatic carbocycles. The first-order valence-electron chi connectivity index (χ1n) is 11.6. The highest BCUT2D eigenvalue weighted by Crippen LogP contribution is 2.33. The van der Waals surface area contributed by atoms with Crippen LogP contribution in [0, 0.1) is 0 Å². The zero-order valence-electron chi connectivity index (χ0n) is 21.2. The number of carbonyl (C=O) groups is 2. The predicted molar refractivity (Wildman–Crippen MR) is 150 cm³/mol. The third-order valence-corrected chi connectivity index (χ3v) is 7.49. The number of nitrogens with zero attached hydrogens (tertiary/aromatic N) is 2. The lowest BCUT2D eigenvalue weighted by Gasteiger charge is -2.33. The van der Waals surface area contributed by atoms with Crippen LogP contribution in [0.2, 0.25) is 10.0 Å². The molecule has 0 aromatic heterocycles. The Morgan fingerprint density at radius 3 is 2.16 bits per heavy atom. The molecule has 0 saturated heterocycles. The van der Waals surface area contributed by atoms with Crippen molar-refractivity contribution in [3.05, 3.63) is 94.0 Å². The summed E-state index contributed by atoms with van der Waals surface area (Å²) in [5, 5.41) is 3.43. The number of ether oxygens (including phenoxy) is 1. The smallest absolute Gasteiger partial charge is 0.244 e. The molecule has 0 fully saturated rings. The molecule has 3 rings (SSSR count). The van der Waals surface area contributed by atoms with E-state index in [0.717, 1.165) is 21.7 Å². The second-order valence-electron chi connectivity index (χ2n) is 8.55. The van der Waals surface area contributed by atoms with E-state index in [1.807, 2.05) is 30.3 Å². The molecule has 0 heterocycles.